The average Bonchev–Trinajstić information content (AvgIpc) is 2.45. The number of aromatic nitrogens is 2. The molecule has 0 atom stereocenters. The number of thioether (sulfide) groups is 1. The van der Waals surface area contributed by atoms with E-state index in [0.717, 1.165) is 19.4 Å². The van der Waals surface area contributed by atoms with Crippen LogP contribution in [0, 0.1) is 16.0 Å². The van der Waals surface area contributed by atoms with Gasteiger partial charge in [-0.1, -0.05) is 0 Å². The number of hydrogen-bond donors (Lipinski definition) is 2. The molecule has 1 aromatic rings. The summed E-state index contributed by atoms with van der Waals surface area (Å²) in [6, 6.07) is 0. The van der Waals surface area contributed by atoms with Gasteiger partial charge >= 0.3 is 5.69 Å². The van der Waals surface area contributed by atoms with Crippen LogP contribution in [-0.4, -0.2) is 40.0 Å². The monoisotopic (exact) mass is 283 g/mol. The SMILES string of the molecule is CNc1ncnc(NCC2CCSCC2)c1[N+](=O)[O-]. The first-order valence-corrected chi connectivity index (χ1v) is 7.36. The second kappa shape index (κ2) is 6.55. The summed E-state index contributed by atoms with van der Waals surface area (Å²) < 4.78 is 0. The Balaban J connectivity index is 2.08. The van der Waals surface area contributed by atoms with Gasteiger partial charge in [-0.3, -0.25) is 10.1 Å². The van der Waals surface area contributed by atoms with Gasteiger partial charge in [0.05, 0.1) is 4.92 Å². The van der Waals surface area contributed by atoms with Gasteiger partial charge in [-0.25, -0.2) is 9.97 Å². The first kappa shape index (κ1) is 13.9. The Bertz CT molecular complexity index is 451. The molecule has 0 radical (unpaired) electrons. The highest BCUT2D eigenvalue weighted by Gasteiger charge is 2.23. The number of hydrogen-bond acceptors (Lipinski definition) is 7. The molecule has 104 valence electrons. The van der Waals surface area contributed by atoms with Crippen molar-refractivity contribution in [2.45, 2.75) is 12.8 Å². The first-order valence-electron chi connectivity index (χ1n) is 6.21. The van der Waals surface area contributed by atoms with E-state index in [0.29, 0.717) is 11.7 Å². The van der Waals surface area contributed by atoms with E-state index in [1.807, 2.05) is 11.8 Å². The Morgan fingerprint density at radius 3 is 2.74 bits per heavy atom. The van der Waals surface area contributed by atoms with Crippen LogP contribution in [0.4, 0.5) is 17.3 Å². The van der Waals surface area contributed by atoms with E-state index in [1.54, 1.807) is 7.05 Å². The van der Waals surface area contributed by atoms with Crippen molar-refractivity contribution in [3.05, 3.63) is 16.4 Å². The predicted molar refractivity (Wildman–Crippen MR) is 76.8 cm³/mol. The van der Waals surface area contributed by atoms with Crippen LogP contribution >= 0.6 is 11.8 Å². The molecule has 1 aliphatic rings. The summed E-state index contributed by atoms with van der Waals surface area (Å²) in [5.74, 6) is 3.43. The number of nitrogens with zero attached hydrogens (tertiary/aromatic N) is 3. The average molecular weight is 283 g/mol. The number of nitro groups is 1. The molecule has 8 heteroatoms. The maximum atomic E-state index is 11.1. The van der Waals surface area contributed by atoms with Crippen LogP contribution in [0.25, 0.3) is 0 Å². The summed E-state index contributed by atoms with van der Waals surface area (Å²) in [5, 5.41) is 16.9. The smallest absolute Gasteiger partial charge is 0.353 e. The first-order chi connectivity index (χ1) is 9.22. The Kier molecular flexibility index (Phi) is 4.78. The molecule has 1 aliphatic heterocycles. The summed E-state index contributed by atoms with van der Waals surface area (Å²) in [6.45, 7) is 0.724. The Hall–Kier alpha value is -1.57. The molecule has 1 aromatic heterocycles. The predicted octanol–water partition coefficient (Wildman–Crippen LogP) is 1.98. The molecular weight excluding hydrogens is 266 g/mol. The summed E-state index contributed by atoms with van der Waals surface area (Å²) in [4.78, 5) is 18.5. The van der Waals surface area contributed by atoms with Crippen molar-refractivity contribution in [1.82, 2.24) is 9.97 Å². The molecule has 2 N–H and O–H groups in total. The largest absolute Gasteiger partial charge is 0.367 e. The van der Waals surface area contributed by atoms with Crippen molar-refractivity contribution in [2.24, 2.45) is 5.92 Å². The van der Waals surface area contributed by atoms with Crippen LogP contribution in [-0.2, 0) is 0 Å². The molecule has 0 amide bonds. The maximum Gasteiger partial charge on any atom is 0.353 e. The van der Waals surface area contributed by atoms with Crippen molar-refractivity contribution >= 4 is 29.1 Å². The van der Waals surface area contributed by atoms with Gasteiger partial charge in [0.1, 0.15) is 6.33 Å². The van der Waals surface area contributed by atoms with Crippen molar-refractivity contribution in [3.63, 3.8) is 0 Å². The van der Waals surface area contributed by atoms with Gasteiger partial charge in [-0.05, 0) is 30.3 Å². The fraction of sp³-hybridized carbons (Fsp3) is 0.636. The molecular formula is C11H17N5O2S. The fourth-order valence-electron chi connectivity index (χ4n) is 2.06. The molecule has 1 saturated heterocycles. The molecule has 2 heterocycles. The van der Waals surface area contributed by atoms with E-state index in [-0.39, 0.29) is 11.5 Å². The van der Waals surface area contributed by atoms with E-state index >= 15 is 0 Å². The van der Waals surface area contributed by atoms with Gasteiger partial charge < -0.3 is 10.6 Å². The topological polar surface area (TPSA) is 93.0 Å². The standard InChI is InChI=1S/C11H17N5O2S/c1-12-10-9(16(17)18)11(15-7-14-10)13-6-8-2-4-19-5-3-8/h7-8H,2-6H2,1H3,(H2,12,13,14,15). The minimum absolute atomic E-state index is 0.0878. The van der Waals surface area contributed by atoms with Gasteiger partial charge in [-0.2, -0.15) is 11.8 Å². The summed E-state index contributed by atoms with van der Waals surface area (Å²) in [7, 11) is 1.61. The number of nitrogens with one attached hydrogen (secondary N) is 2. The zero-order valence-electron chi connectivity index (χ0n) is 10.8. The highest BCUT2D eigenvalue weighted by atomic mass is 32.2. The molecule has 0 aliphatic carbocycles. The maximum absolute atomic E-state index is 11.1. The van der Waals surface area contributed by atoms with Crippen LogP contribution in [0.1, 0.15) is 12.8 Å². The second-order valence-electron chi connectivity index (χ2n) is 4.36. The minimum Gasteiger partial charge on any atom is -0.367 e. The third kappa shape index (κ3) is 3.46. The molecule has 2 rings (SSSR count). The van der Waals surface area contributed by atoms with Crippen LogP contribution in [0.15, 0.2) is 6.33 Å². The Labute approximate surface area is 115 Å². The van der Waals surface area contributed by atoms with E-state index in [9.17, 15) is 10.1 Å². The lowest BCUT2D eigenvalue weighted by Crippen LogP contribution is -2.20. The van der Waals surface area contributed by atoms with Crippen LogP contribution in [0.5, 0.6) is 0 Å². The van der Waals surface area contributed by atoms with Crippen molar-refractivity contribution < 1.29 is 4.92 Å². The lowest BCUT2D eigenvalue weighted by Gasteiger charge is -2.21. The van der Waals surface area contributed by atoms with Crippen LogP contribution < -0.4 is 10.6 Å². The lowest BCUT2D eigenvalue weighted by molar-refractivity contribution is -0.383. The molecule has 7 nitrogen and oxygen atoms in total. The van der Waals surface area contributed by atoms with E-state index in [4.69, 9.17) is 0 Å². The third-order valence-corrected chi connectivity index (χ3v) is 4.19. The summed E-state index contributed by atoms with van der Waals surface area (Å²) in [5.41, 5.74) is -0.0878. The molecule has 0 spiro atoms. The number of rotatable bonds is 5. The quantitative estimate of drug-likeness (QED) is 0.630. The zero-order chi connectivity index (χ0) is 13.7. The van der Waals surface area contributed by atoms with Crippen molar-refractivity contribution in [2.75, 3.05) is 35.7 Å². The highest BCUT2D eigenvalue weighted by molar-refractivity contribution is 7.99. The Morgan fingerprint density at radius 2 is 2.11 bits per heavy atom. The molecule has 0 saturated carbocycles. The van der Waals surface area contributed by atoms with Gasteiger partial charge in [0, 0.05) is 13.6 Å². The van der Waals surface area contributed by atoms with Gasteiger partial charge in [0.2, 0.25) is 11.6 Å². The van der Waals surface area contributed by atoms with Gasteiger partial charge in [-0.15, -0.1) is 0 Å². The van der Waals surface area contributed by atoms with E-state index in [2.05, 4.69) is 20.6 Å². The van der Waals surface area contributed by atoms with Crippen molar-refractivity contribution in [3.8, 4) is 0 Å². The fourth-order valence-corrected chi connectivity index (χ4v) is 3.26. The Morgan fingerprint density at radius 1 is 1.42 bits per heavy atom. The van der Waals surface area contributed by atoms with Gasteiger partial charge in [0.25, 0.3) is 0 Å². The molecule has 1 fully saturated rings. The van der Waals surface area contributed by atoms with Crippen LogP contribution in [0.3, 0.4) is 0 Å². The summed E-state index contributed by atoms with van der Waals surface area (Å²) >= 11 is 1.96. The van der Waals surface area contributed by atoms with Gasteiger partial charge in [0.15, 0.2) is 0 Å². The number of anilines is 2. The van der Waals surface area contributed by atoms with Crippen molar-refractivity contribution in [1.29, 1.82) is 0 Å². The van der Waals surface area contributed by atoms with E-state index in [1.165, 1.54) is 17.8 Å². The lowest BCUT2D eigenvalue weighted by atomic mass is 10.0. The van der Waals surface area contributed by atoms with Crippen LogP contribution in [0.2, 0.25) is 0 Å². The minimum atomic E-state index is -0.453. The second-order valence-corrected chi connectivity index (χ2v) is 5.59. The molecule has 0 aromatic carbocycles. The third-order valence-electron chi connectivity index (χ3n) is 3.14. The zero-order valence-corrected chi connectivity index (χ0v) is 11.6. The normalized spacial score (nSPS) is 16.1. The molecule has 0 unspecified atom stereocenters. The summed E-state index contributed by atoms with van der Waals surface area (Å²) in [6.07, 6.45) is 3.63. The molecule has 19 heavy (non-hydrogen) atoms. The highest BCUT2D eigenvalue weighted by Crippen LogP contribution is 2.29. The van der Waals surface area contributed by atoms with E-state index < -0.39 is 4.92 Å². The molecule has 0 bridgehead atoms.